The first-order valence-electron chi connectivity index (χ1n) is 10.1. The van der Waals surface area contributed by atoms with Gasteiger partial charge in [-0.3, -0.25) is 9.78 Å². The molecule has 3 rings (SSSR count). The third-order valence-electron chi connectivity index (χ3n) is 5.01. The van der Waals surface area contributed by atoms with Gasteiger partial charge in [-0.05, 0) is 54.3 Å². The van der Waals surface area contributed by atoms with E-state index in [1.807, 2.05) is 67.6 Å². The van der Waals surface area contributed by atoms with E-state index in [2.05, 4.69) is 24.1 Å². The van der Waals surface area contributed by atoms with E-state index in [9.17, 15) is 4.79 Å². The number of benzene rings is 2. The van der Waals surface area contributed by atoms with Crippen molar-refractivity contribution in [3.63, 3.8) is 0 Å². The van der Waals surface area contributed by atoms with Crippen LogP contribution in [0.3, 0.4) is 0 Å². The average Bonchev–Trinajstić information content (AvgIpc) is 2.73. The summed E-state index contributed by atoms with van der Waals surface area (Å²) in [5.41, 5.74) is 4.02. The first-order chi connectivity index (χ1) is 14.4. The summed E-state index contributed by atoms with van der Waals surface area (Å²) in [6.45, 7) is 6.62. The Morgan fingerprint density at radius 2 is 1.77 bits per heavy atom. The summed E-state index contributed by atoms with van der Waals surface area (Å²) >= 11 is 5.99. The van der Waals surface area contributed by atoms with Gasteiger partial charge in [-0.15, -0.1) is 0 Å². The van der Waals surface area contributed by atoms with E-state index in [0.29, 0.717) is 18.1 Å². The number of nitrogens with one attached hydrogen (secondary N) is 1. The molecule has 30 heavy (non-hydrogen) atoms. The number of hydrogen-bond acceptors (Lipinski definition) is 3. The number of carbonyl (C=O) groups excluding carboxylic acids is 1. The highest BCUT2D eigenvalue weighted by Crippen LogP contribution is 2.23. The van der Waals surface area contributed by atoms with E-state index in [-0.39, 0.29) is 17.9 Å². The fourth-order valence-corrected chi connectivity index (χ4v) is 3.38. The average molecular weight is 423 g/mol. The molecule has 4 nitrogen and oxygen atoms in total. The van der Waals surface area contributed by atoms with Crippen molar-refractivity contribution in [3.8, 4) is 5.75 Å². The minimum Gasteiger partial charge on any atom is -0.489 e. The smallest absolute Gasteiger partial charge is 0.224 e. The Kier molecular flexibility index (Phi) is 7.47. The lowest BCUT2D eigenvalue weighted by Gasteiger charge is -2.23. The molecule has 1 unspecified atom stereocenters. The Balaban J connectivity index is 1.57. The van der Waals surface area contributed by atoms with Crippen molar-refractivity contribution in [1.82, 2.24) is 10.3 Å². The zero-order valence-electron chi connectivity index (χ0n) is 17.6. The zero-order chi connectivity index (χ0) is 21.5. The number of nitrogens with zero attached hydrogens (tertiary/aromatic N) is 1. The van der Waals surface area contributed by atoms with Gasteiger partial charge in [0.2, 0.25) is 5.91 Å². The van der Waals surface area contributed by atoms with Crippen LogP contribution in [0.4, 0.5) is 0 Å². The summed E-state index contributed by atoms with van der Waals surface area (Å²) in [5.74, 6) is 1.02. The largest absolute Gasteiger partial charge is 0.489 e. The van der Waals surface area contributed by atoms with Crippen molar-refractivity contribution >= 4 is 17.5 Å². The topological polar surface area (TPSA) is 51.2 Å². The first kappa shape index (κ1) is 21.8. The Bertz CT molecular complexity index is 969. The third-order valence-corrected chi connectivity index (χ3v) is 5.26. The molecule has 1 amide bonds. The predicted molar refractivity (Wildman–Crippen MR) is 121 cm³/mol. The van der Waals surface area contributed by atoms with Gasteiger partial charge in [0, 0.05) is 22.5 Å². The molecule has 0 aliphatic carbocycles. The molecule has 1 aromatic heterocycles. The second-order valence-electron chi connectivity index (χ2n) is 7.70. The van der Waals surface area contributed by atoms with Crippen LogP contribution in [0.2, 0.25) is 5.02 Å². The van der Waals surface area contributed by atoms with Crippen molar-refractivity contribution in [2.24, 2.45) is 5.92 Å². The van der Waals surface area contributed by atoms with Gasteiger partial charge in [-0.2, -0.15) is 0 Å². The second-order valence-corrected chi connectivity index (χ2v) is 8.13. The number of aromatic nitrogens is 1. The van der Waals surface area contributed by atoms with Crippen LogP contribution in [0.1, 0.15) is 42.3 Å². The van der Waals surface area contributed by atoms with Crippen LogP contribution in [0.5, 0.6) is 5.75 Å². The highest BCUT2D eigenvalue weighted by Gasteiger charge is 2.18. The lowest BCUT2D eigenvalue weighted by atomic mass is 9.95. The van der Waals surface area contributed by atoms with Crippen LogP contribution in [0, 0.1) is 12.8 Å². The molecule has 0 saturated carbocycles. The van der Waals surface area contributed by atoms with Crippen molar-refractivity contribution in [1.29, 1.82) is 0 Å². The zero-order valence-corrected chi connectivity index (χ0v) is 18.3. The summed E-state index contributed by atoms with van der Waals surface area (Å²) < 4.78 is 5.85. The summed E-state index contributed by atoms with van der Waals surface area (Å²) in [6.07, 6.45) is 2.09. The van der Waals surface area contributed by atoms with Crippen molar-refractivity contribution in [3.05, 3.63) is 94.3 Å². The monoisotopic (exact) mass is 422 g/mol. The summed E-state index contributed by atoms with van der Waals surface area (Å²) in [7, 11) is 0. The van der Waals surface area contributed by atoms with Gasteiger partial charge in [-0.1, -0.05) is 55.8 Å². The molecule has 0 saturated heterocycles. The normalized spacial score (nSPS) is 11.9. The van der Waals surface area contributed by atoms with Gasteiger partial charge in [0.1, 0.15) is 12.4 Å². The molecular formula is C25H27ClN2O2. The van der Waals surface area contributed by atoms with E-state index in [0.717, 1.165) is 28.1 Å². The molecule has 5 heteroatoms. The Morgan fingerprint density at radius 1 is 1.07 bits per heavy atom. The predicted octanol–water partition coefficient (Wildman–Crippen LogP) is 5.68. The number of aryl methyl sites for hydroxylation is 1. The number of amides is 1. The highest BCUT2D eigenvalue weighted by atomic mass is 35.5. The second kappa shape index (κ2) is 10.3. The van der Waals surface area contributed by atoms with Crippen LogP contribution in [-0.2, 0) is 17.8 Å². The Labute approximate surface area is 183 Å². The molecule has 1 atom stereocenters. The molecule has 0 aliphatic rings. The number of rotatable bonds is 8. The molecule has 0 bridgehead atoms. The van der Waals surface area contributed by atoms with Crippen LogP contribution >= 0.6 is 11.6 Å². The third kappa shape index (κ3) is 6.07. The van der Waals surface area contributed by atoms with Gasteiger partial charge in [0.15, 0.2) is 0 Å². The van der Waals surface area contributed by atoms with Crippen LogP contribution in [-0.4, -0.2) is 10.9 Å². The van der Waals surface area contributed by atoms with Crippen LogP contribution < -0.4 is 10.1 Å². The number of halogens is 1. The van der Waals surface area contributed by atoms with Gasteiger partial charge in [-0.25, -0.2) is 0 Å². The maximum atomic E-state index is 12.6. The van der Waals surface area contributed by atoms with E-state index in [4.69, 9.17) is 16.3 Å². The first-order valence-corrected chi connectivity index (χ1v) is 10.5. The number of carbonyl (C=O) groups is 1. The molecule has 3 aromatic rings. The molecule has 0 fully saturated rings. The van der Waals surface area contributed by atoms with Crippen molar-refractivity contribution in [2.75, 3.05) is 0 Å². The molecule has 156 valence electrons. The van der Waals surface area contributed by atoms with Gasteiger partial charge >= 0.3 is 0 Å². The van der Waals surface area contributed by atoms with Gasteiger partial charge < -0.3 is 10.1 Å². The fraction of sp³-hybridized carbons (Fsp3) is 0.280. The molecule has 2 aromatic carbocycles. The summed E-state index contributed by atoms with van der Waals surface area (Å²) in [6, 6.07) is 19.1. The molecular weight excluding hydrogens is 396 g/mol. The standard InChI is InChI=1S/C25H27ClN2O2/c1-17(2)25(20-8-10-22(26)11-9-20)28-24(29)15-19-6-12-23(13-7-19)30-16-21-5-4-14-27-18(21)3/h4-14,17,25H,15-16H2,1-3H3,(H,28,29). The maximum Gasteiger partial charge on any atom is 0.224 e. The van der Waals surface area contributed by atoms with Crippen LogP contribution in [0.15, 0.2) is 66.9 Å². The number of hydrogen-bond donors (Lipinski definition) is 1. The lowest BCUT2D eigenvalue weighted by Crippen LogP contribution is -2.32. The van der Waals surface area contributed by atoms with E-state index >= 15 is 0 Å². The van der Waals surface area contributed by atoms with E-state index in [1.165, 1.54) is 0 Å². The number of pyridine rings is 1. The molecule has 0 spiro atoms. The van der Waals surface area contributed by atoms with E-state index in [1.54, 1.807) is 6.20 Å². The molecule has 1 heterocycles. The fourth-order valence-electron chi connectivity index (χ4n) is 3.25. The maximum absolute atomic E-state index is 12.6. The summed E-state index contributed by atoms with van der Waals surface area (Å²) in [5, 5.41) is 3.84. The van der Waals surface area contributed by atoms with Crippen LogP contribution in [0.25, 0.3) is 0 Å². The Morgan fingerprint density at radius 3 is 2.40 bits per heavy atom. The quantitative estimate of drug-likeness (QED) is 0.508. The summed E-state index contributed by atoms with van der Waals surface area (Å²) in [4.78, 5) is 16.9. The van der Waals surface area contributed by atoms with Gasteiger partial charge in [0.25, 0.3) is 0 Å². The molecule has 0 aliphatic heterocycles. The van der Waals surface area contributed by atoms with Crippen molar-refractivity contribution in [2.45, 2.75) is 39.8 Å². The minimum absolute atomic E-state index is 0.0108. The lowest BCUT2D eigenvalue weighted by molar-refractivity contribution is -0.121. The minimum atomic E-state index is -0.0555. The Hall–Kier alpha value is -2.85. The number of ether oxygens (including phenoxy) is 1. The van der Waals surface area contributed by atoms with Gasteiger partial charge in [0.05, 0.1) is 12.5 Å². The van der Waals surface area contributed by atoms with Crippen molar-refractivity contribution < 1.29 is 9.53 Å². The molecule has 1 N–H and O–H groups in total. The highest BCUT2D eigenvalue weighted by molar-refractivity contribution is 6.30. The van der Waals surface area contributed by atoms with E-state index < -0.39 is 0 Å². The molecule has 0 radical (unpaired) electrons. The SMILES string of the molecule is Cc1ncccc1COc1ccc(CC(=O)NC(c2ccc(Cl)cc2)C(C)C)cc1.